The number of nitrogens with one attached hydrogen (secondary N) is 1. The average Bonchev–Trinajstić information content (AvgIpc) is 3.24. The summed E-state index contributed by atoms with van der Waals surface area (Å²) in [5, 5.41) is 12.6. The molecule has 1 aromatic heterocycles. The fourth-order valence-corrected chi connectivity index (χ4v) is 7.33. The van der Waals surface area contributed by atoms with E-state index in [-0.39, 0.29) is 24.7 Å². The highest BCUT2D eigenvalue weighted by atomic mass is 16.7. The number of aliphatic hydroxyl groups is 1. The third-order valence-electron chi connectivity index (χ3n) is 10.4. The molecule has 2 aliphatic rings. The molecule has 0 saturated carbocycles. The number of hydrogen-bond acceptors (Lipinski definition) is 8. The number of carbonyl (C=O) groups is 1. The van der Waals surface area contributed by atoms with Crippen molar-refractivity contribution in [3.8, 4) is 11.1 Å². The van der Waals surface area contributed by atoms with Gasteiger partial charge in [0.1, 0.15) is 5.69 Å². The number of nitrogens with zero attached hydrogens (tertiary/aromatic N) is 4. The van der Waals surface area contributed by atoms with Crippen LogP contribution >= 0.6 is 0 Å². The van der Waals surface area contributed by atoms with E-state index in [2.05, 4.69) is 104 Å². The molecule has 274 valence electrons. The maximum absolute atomic E-state index is 12.9. The first-order valence-electron chi connectivity index (χ1n) is 18.7. The number of benzene rings is 5. The van der Waals surface area contributed by atoms with Gasteiger partial charge in [0.05, 0.1) is 36.0 Å². The second kappa shape index (κ2) is 16.8. The van der Waals surface area contributed by atoms with E-state index >= 15 is 0 Å². The van der Waals surface area contributed by atoms with Crippen LogP contribution in [0.4, 0.5) is 0 Å². The zero-order valence-corrected chi connectivity index (χ0v) is 30.3. The molecule has 5 aromatic carbocycles. The molecule has 2 N–H and O–H groups in total. The quantitative estimate of drug-likeness (QED) is 0.147. The van der Waals surface area contributed by atoms with E-state index in [4.69, 9.17) is 9.47 Å². The Morgan fingerprint density at radius 3 is 2.19 bits per heavy atom. The Balaban J connectivity index is 0.923. The number of aliphatic hydroxyl groups excluding tert-OH is 1. The van der Waals surface area contributed by atoms with Crippen molar-refractivity contribution in [3.05, 3.63) is 167 Å². The SMILES string of the molecule is O=C(NCc1cccc(-c2ccc([C@H]3O[C@@H](CN4CCN(Cc5ccccc5)CC4)C[C@@H](c4ccc(CO)cc4)O3)cc2)c1)c1cnc2ccccc2n1. The summed E-state index contributed by atoms with van der Waals surface area (Å²) >= 11 is 0. The Morgan fingerprint density at radius 1 is 0.704 bits per heavy atom. The van der Waals surface area contributed by atoms with Crippen LogP contribution in [0.2, 0.25) is 0 Å². The normalized spacial score (nSPS) is 19.5. The molecule has 0 radical (unpaired) electrons. The highest BCUT2D eigenvalue weighted by Crippen LogP contribution is 2.39. The number of aromatic nitrogens is 2. The Labute approximate surface area is 316 Å². The lowest BCUT2D eigenvalue weighted by Crippen LogP contribution is -2.49. The highest BCUT2D eigenvalue weighted by molar-refractivity contribution is 5.93. The Morgan fingerprint density at radius 2 is 1.41 bits per heavy atom. The summed E-state index contributed by atoms with van der Waals surface area (Å²) in [6, 6.07) is 42.8. The molecule has 0 aliphatic carbocycles. The van der Waals surface area contributed by atoms with Gasteiger partial charge in [0.2, 0.25) is 0 Å². The Bertz CT molecular complexity index is 2150. The zero-order chi connectivity index (χ0) is 36.7. The van der Waals surface area contributed by atoms with Gasteiger partial charge < -0.3 is 19.9 Å². The molecule has 6 aromatic rings. The molecule has 2 aliphatic heterocycles. The van der Waals surface area contributed by atoms with Gasteiger partial charge in [0.15, 0.2) is 6.29 Å². The van der Waals surface area contributed by atoms with Crippen molar-refractivity contribution in [2.45, 2.75) is 44.6 Å². The summed E-state index contributed by atoms with van der Waals surface area (Å²) in [4.78, 5) is 26.8. The average molecular weight is 720 g/mol. The van der Waals surface area contributed by atoms with Crippen LogP contribution in [0.1, 0.15) is 57.1 Å². The smallest absolute Gasteiger partial charge is 0.271 e. The van der Waals surface area contributed by atoms with Crippen LogP contribution in [-0.2, 0) is 29.2 Å². The third kappa shape index (κ3) is 8.73. The second-order valence-electron chi connectivity index (χ2n) is 14.2. The molecule has 9 heteroatoms. The Hall–Kier alpha value is -5.29. The predicted molar refractivity (Wildman–Crippen MR) is 209 cm³/mol. The van der Waals surface area contributed by atoms with Crippen molar-refractivity contribution in [1.29, 1.82) is 0 Å². The van der Waals surface area contributed by atoms with Crippen molar-refractivity contribution in [2.24, 2.45) is 0 Å². The minimum Gasteiger partial charge on any atom is -0.392 e. The summed E-state index contributed by atoms with van der Waals surface area (Å²) in [6.07, 6.45) is 1.63. The second-order valence-corrected chi connectivity index (χ2v) is 14.2. The summed E-state index contributed by atoms with van der Waals surface area (Å²) in [5.74, 6) is -0.262. The van der Waals surface area contributed by atoms with Crippen LogP contribution < -0.4 is 5.32 Å². The first-order chi connectivity index (χ1) is 26.6. The van der Waals surface area contributed by atoms with Gasteiger partial charge in [-0.3, -0.25) is 19.6 Å². The largest absolute Gasteiger partial charge is 0.392 e. The van der Waals surface area contributed by atoms with Gasteiger partial charge in [0, 0.05) is 57.8 Å². The van der Waals surface area contributed by atoms with Crippen molar-refractivity contribution in [3.63, 3.8) is 0 Å². The van der Waals surface area contributed by atoms with Gasteiger partial charge in [-0.2, -0.15) is 0 Å². The fraction of sp³-hybridized carbons (Fsp3) is 0.267. The van der Waals surface area contributed by atoms with Gasteiger partial charge in [0.25, 0.3) is 5.91 Å². The lowest BCUT2D eigenvalue weighted by Gasteiger charge is -2.40. The molecule has 9 nitrogen and oxygen atoms in total. The van der Waals surface area contributed by atoms with Gasteiger partial charge in [-0.25, -0.2) is 4.98 Å². The summed E-state index contributed by atoms with van der Waals surface area (Å²) in [6.45, 7) is 6.28. The van der Waals surface area contributed by atoms with Crippen LogP contribution in [0.5, 0.6) is 0 Å². The van der Waals surface area contributed by atoms with Crippen LogP contribution in [0.3, 0.4) is 0 Å². The molecule has 0 spiro atoms. The van der Waals surface area contributed by atoms with E-state index in [1.165, 1.54) is 11.8 Å². The Kier molecular flexibility index (Phi) is 11.1. The van der Waals surface area contributed by atoms with E-state index in [1.807, 2.05) is 48.5 Å². The van der Waals surface area contributed by atoms with Gasteiger partial charge in [-0.05, 0) is 51.6 Å². The number of fused-ring (bicyclic) bond motifs is 1. The lowest BCUT2D eigenvalue weighted by molar-refractivity contribution is -0.253. The molecule has 3 atom stereocenters. The number of rotatable bonds is 11. The maximum atomic E-state index is 12.9. The molecule has 2 saturated heterocycles. The van der Waals surface area contributed by atoms with Crippen LogP contribution in [0.15, 0.2) is 134 Å². The molecular weight excluding hydrogens is 675 g/mol. The van der Waals surface area contributed by atoms with Crippen LogP contribution in [0, 0.1) is 0 Å². The lowest BCUT2D eigenvalue weighted by atomic mass is 9.98. The highest BCUT2D eigenvalue weighted by Gasteiger charge is 2.34. The van der Waals surface area contributed by atoms with Gasteiger partial charge in [-0.15, -0.1) is 0 Å². The monoisotopic (exact) mass is 719 g/mol. The number of amides is 1. The zero-order valence-electron chi connectivity index (χ0n) is 30.3. The number of piperazine rings is 1. The molecule has 0 unspecified atom stereocenters. The minimum atomic E-state index is -0.514. The summed E-state index contributed by atoms with van der Waals surface area (Å²) in [5.41, 5.74) is 9.12. The molecule has 3 heterocycles. The minimum absolute atomic E-state index is 0.000834. The first-order valence-corrected chi connectivity index (χ1v) is 18.7. The van der Waals surface area contributed by atoms with Crippen molar-refractivity contribution >= 4 is 16.9 Å². The van der Waals surface area contributed by atoms with E-state index in [0.29, 0.717) is 17.8 Å². The summed E-state index contributed by atoms with van der Waals surface area (Å²) < 4.78 is 13.4. The summed E-state index contributed by atoms with van der Waals surface area (Å²) in [7, 11) is 0. The number of ether oxygens (including phenoxy) is 2. The number of para-hydroxylation sites is 2. The van der Waals surface area contributed by atoms with Gasteiger partial charge >= 0.3 is 0 Å². The molecule has 8 rings (SSSR count). The van der Waals surface area contributed by atoms with Crippen molar-refractivity contribution < 1.29 is 19.4 Å². The van der Waals surface area contributed by atoms with Crippen LogP contribution in [0.25, 0.3) is 22.2 Å². The molecule has 1 amide bonds. The fourth-order valence-electron chi connectivity index (χ4n) is 7.33. The number of carbonyl (C=O) groups excluding carboxylic acids is 1. The first kappa shape index (κ1) is 35.7. The van der Waals surface area contributed by atoms with E-state index in [0.717, 1.165) is 84.6 Å². The third-order valence-corrected chi connectivity index (χ3v) is 10.4. The van der Waals surface area contributed by atoms with E-state index < -0.39 is 6.29 Å². The van der Waals surface area contributed by atoms with Crippen LogP contribution in [-0.4, -0.2) is 69.6 Å². The molecular formula is C45H45N5O4. The molecule has 54 heavy (non-hydrogen) atoms. The maximum Gasteiger partial charge on any atom is 0.271 e. The van der Waals surface area contributed by atoms with Gasteiger partial charge in [-0.1, -0.05) is 109 Å². The van der Waals surface area contributed by atoms with Crippen molar-refractivity contribution in [2.75, 3.05) is 32.7 Å². The predicted octanol–water partition coefficient (Wildman–Crippen LogP) is 7.08. The number of hydrogen-bond donors (Lipinski definition) is 2. The van der Waals surface area contributed by atoms with E-state index in [1.54, 1.807) is 0 Å². The molecule has 0 bridgehead atoms. The van der Waals surface area contributed by atoms with Crippen molar-refractivity contribution in [1.82, 2.24) is 25.1 Å². The van der Waals surface area contributed by atoms with E-state index in [9.17, 15) is 9.90 Å². The standard InChI is InChI=1S/C45H45N5O4/c51-31-33-13-15-36(16-14-33)43-26-39(30-50-23-21-49(22-24-50)29-32-7-2-1-3-8-32)53-45(54-43)37-19-17-35(18-20-37)38-10-6-9-34(25-38)27-47-44(52)42-28-46-40-11-4-5-12-41(40)48-42/h1-20,25,28,39,43,45,51H,21-24,26-27,29-31H2,(H,47,52)/t39-,43+,45+/m1/s1. The molecule has 2 fully saturated rings. The topological polar surface area (TPSA) is 100 Å².